The van der Waals surface area contributed by atoms with Crippen LogP contribution >= 0.6 is 0 Å². The molecule has 0 aliphatic heterocycles. The third-order valence-electron chi connectivity index (χ3n) is 6.92. The average molecular weight is 665 g/mol. The van der Waals surface area contributed by atoms with Gasteiger partial charge in [-0.25, -0.2) is 31.3 Å². The minimum Gasteiger partial charge on any atom is -0.480 e. The van der Waals surface area contributed by atoms with Crippen LogP contribution in [-0.4, -0.2) is 69.1 Å². The molecule has 2 heterocycles. The number of aliphatic hydroxyl groups excluding tert-OH is 1. The molecule has 4 aromatic rings. The molecule has 242 valence electrons. The number of ether oxygens (including phenoxy) is 2. The Labute approximate surface area is 260 Å². The second-order valence-corrected chi connectivity index (χ2v) is 19.1. The van der Waals surface area contributed by atoms with Crippen molar-refractivity contribution in [1.29, 1.82) is 0 Å². The van der Waals surface area contributed by atoms with Crippen molar-refractivity contribution in [1.82, 2.24) is 20.1 Å². The molecule has 10 nitrogen and oxygen atoms in total. The van der Waals surface area contributed by atoms with Crippen LogP contribution < -0.4 is 10.1 Å². The highest BCUT2D eigenvalue weighted by Crippen LogP contribution is 2.34. The third-order valence-corrected chi connectivity index (χ3v) is 10.3. The highest BCUT2D eigenvalue weighted by Gasteiger charge is 2.27. The van der Waals surface area contributed by atoms with Gasteiger partial charge in [-0.3, -0.25) is 4.79 Å². The van der Waals surface area contributed by atoms with Gasteiger partial charge in [0.1, 0.15) is 28.8 Å². The first kappa shape index (κ1) is 34.1. The van der Waals surface area contributed by atoms with Gasteiger partial charge in [-0.05, 0) is 24.6 Å². The summed E-state index contributed by atoms with van der Waals surface area (Å²) in [7, 11) is -4.60. The fourth-order valence-electron chi connectivity index (χ4n) is 4.56. The monoisotopic (exact) mass is 664 g/mol. The van der Waals surface area contributed by atoms with E-state index in [2.05, 4.69) is 35.0 Å². The van der Waals surface area contributed by atoms with E-state index in [9.17, 15) is 17.6 Å². The molecular weight excluding hydrogens is 629 g/mol. The highest BCUT2D eigenvalue weighted by molar-refractivity contribution is 7.90. The lowest BCUT2D eigenvalue weighted by Gasteiger charge is -2.15. The number of carbonyl (C=O) groups is 1. The maximum atomic E-state index is 16.3. The molecule has 0 aliphatic rings. The Bertz CT molecular complexity index is 1810. The Morgan fingerprint density at radius 2 is 1.82 bits per heavy atom. The Hall–Kier alpha value is -3.79. The van der Waals surface area contributed by atoms with Gasteiger partial charge in [0.25, 0.3) is 5.91 Å². The number of sulfone groups is 1. The number of amides is 1. The van der Waals surface area contributed by atoms with E-state index in [0.717, 1.165) is 18.3 Å². The van der Waals surface area contributed by atoms with Crippen LogP contribution in [0, 0.1) is 17.5 Å². The maximum absolute atomic E-state index is 16.3. The van der Waals surface area contributed by atoms with Crippen molar-refractivity contribution in [2.24, 2.45) is 0 Å². The molecule has 2 N–H and O–H groups in total. The summed E-state index contributed by atoms with van der Waals surface area (Å²) < 4.78 is 84.4. The first-order valence-corrected chi connectivity index (χ1v) is 19.5. The standard InChI is InChI=1S/C30H35F3N4O6SSi/c1-42-30-24(15-20(31)16-35-30)44(40,41)17-19-7-5-8-21(25(19)32)22-9-10-23-27(29(39)34-11-6-12-38)36-37(28(23)26(22)33)18-43-13-14-45(2,3)4/h5,7-10,15-16,38H,6,11-14,17-18H2,1-4H3,(H,34,39). The summed E-state index contributed by atoms with van der Waals surface area (Å²) in [4.78, 5) is 16.0. The van der Waals surface area contributed by atoms with E-state index in [1.165, 1.54) is 42.1 Å². The van der Waals surface area contributed by atoms with Crippen LogP contribution in [-0.2, 0) is 27.1 Å². The van der Waals surface area contributed by atoms with Crippen LogP contribution in [0.2, 0.25) is 25.7 Å². The van der Waals surface area contributed by atoms with Crippen LogP contribution in [0.3, 0.4) is 0 Å². The van der Waals surface area contributed by atoms with Gasteiger partial charge < -0.3 is 19.9 Å². The van der Waals surface area contributed by atoms with E-state index in [0.29, 0.717) is 13.0 Å². The molecule has 45 heavy (non-hydrogen) atoms. The summed E-state index contributed by atoms with van der Waals surface area (Å²) in [6.45, 7) is 6.81. The van der Waals surface area contributed by atoms with E-state index in [1.54, 1.807) is 0 Å². The van der Waals surface area contributed by atoms with E-state index in [4.69, 9.17) is 14.6 Å². The molecule has 0 bridgehead atoms. The highest BCUT2D eigenvalue weighted by atomic mass is 32.2. The molecular formula is C30H35F3N4O6SSi. The molecule has 0 aliphatic carbocycles. The van der Waals surface area contributed by atoms with Crippen molar-refractivity contribution in [3.05, 3.63) is 71.3 Å². The van der Waals surface area contributed by atoms with E-state index >= 15 is 8.78 Å². The van der Waals surface area contributed by atoms with Gasteiger partial charge in [-0.2, -0.15) is 5.10 Å². The third kappa shape index (κ3) is 7.90. The average Bonchev–Trinajstić information content (AvgIpc) is 3.36. The van der Waals surface area contributed by atoms with Crippen molar-refractivity contribution in [3.63, 3.8) is 0 Å². The number of halogens is 3. The zero-order chi connectivity index (χ0) is 32.9. The number of aliphatic hydroxyl groups is 1. The number of pyridine rings is 1. The summed E-state index contributed by atoms with van der Waals surface area (Å²) in [6, 6.07) is 8.21. The van der Waals surface area contributed by atoms with Gasteiger partial charge in [0, 0.05) is 49.9 Å². The van der Waals surface area contributed by atoms with Gasteiger partial charge >= 0.3 is 0 Å². The number of benzene rings is 2. The van der Waals surface area contributed by atoms with Crippen molar-refractivity contribution in [2.45, 2.75) is 49.5 Å². The van der Waals surface area contributed by atoms with Crippen molar-refractivity contribution in [3.8, 4) is 17.0 Å². The Morgan fingerprint density at radius 1 is 1.09 bits per heavy atom. The van der Waals surface area contributed by atoms with E-state index < -0.39 is 51.9 Å². The molecule has 2 aromatic heterocycles. The molecule has 0 saturated carbocycles. The van der Waals surface area contributed by atoms with Gasteiger partial charge in [-0.1, -0.05) is 43.9 Å². The number of methoxy groups -OCH3 is 1. The Kier molecular flexibility index (Phi) is 10.7. The van der Waals surface area contributed by atoms with Crippen molar-refractivity contribution in [2.75, 3.05) is 26.9 Å². The molecule has 15 heteroatoms. The van der Waals surface area contributed by atoms with E-state index in [-0.39, 0.29) is 59.0 Å². The van der Waals surface area contributed by atoms with Crippen LogP contribution in [0.4, 0.5) is 13.2 Å². The fourth-order valence-corrected chi connectivity index (χ4v) is 6.80. The summed E-state index contributed by atoms with van der Waals surface area (Å²) >= 11 is 0. The minimum atomic E-state index is -4.34. The molecule has 0 spiro atoms. The predicted octanol–water partition coefficient (Wildman–Crippen LogP) is 4.92. The molecule has 0 radical (unpaired) electrons. The van der Waals surface area contributed by atoms with Gasteiger partial charge in [-0.15, -0.1) is 0 Å². The SMILES string of the molecule is COc1ncc(F)cc1S(=O)(=O)Cc1cccc(-c2ccc3c(C(=O)NCCCO)nn(COCC[Si](C)(C)C)c3c2F)c1F. The number of hydrogen-bond acceptors (Lipinski definition) is 8. The quantitative estimate of drug-likeness (QED) is 0.143. The van der Waals surface area contributed by atoms with Crippen molar-refractivity contribution < 1.29 is 41.0 Å². The molecule has 2 aromatic carbocycles. The first-order valence-electron chi connectivity index (χ1n) is 14.1. The smallest absolute Gasteiger partial charge is 0.272 e. The van der Waals surface area contributed by atoms with Crippen LogP contribution in [0.25, 0.3) is 22.0 Å². The Morgan fingerprint density at radius 3 is 2.51 bits per heavy atom. The van der Waals surface area contributed by atoms with Gasteiger partial charge in [0.15, 0.2) is 21.3 Å². The van der Waals surface area contributed by atoms with Gasteiger partial charge in [0.05, 0.1) is 19.1 Å². The number of hydrogen-bond donors (Lipinski definition) is 2. The maximum Gasteiger partial charge on any atom is 0.272 e. The van der Waals surface area contributed by atoms with Gasteiger partial charge in [0.2, 0.25) is 5.88 Å². The summed E-state index contributed by atoms with van der Waals surface area (Å²) in [5.41, 5.74) is -0.876. The molecule has 0 atom stereocenters. The van der Waals surface area contributed by atoms with Crippen LogP contribution in [0.1, 0.15) is 22.5 Å². The largest absolute Gasteiger partial charge is 0.480 e. The number of nitrogens with one attached hydrogen (secondary N) is 1. The lowest BCUT2D eigenvalue weighted by atomic mass is 10.00. The number of fused-ring (bicyclic) bond motifs is 1. The zero-order valence-corrected chi connectivity index (χ0v) is 27.2. The first-order chi connectivity index (χ1) is 21.3. The summed E-state index contributed by atoms with van der Waals surface area (Å²) in [5, 5.41) is 16.2. The molecule has 0 fully saturated rings. The lowest BCUT2D eigenvalue weighted by molar-refractivity contribution is 0.0801. The number of carbonyl (C=O) groups excluding carboxylic acids is 1. The molecule has 0 saturated heterocycles. The normalized spacial score (nSPS) is 12.1. The van der Waals surface area contributed by atoms with Crippen LogP contribution in [0.15, 0.2) is 47.5 Å². The molecule has 1 amide bonds. The second-order valence-electron chi connectivity index (χ2n) is 11.6. The summed E-state index contributed by atoms with van der Waals surface area (Å²) in [5.74, 6) is -4.61. The van der Waals surface area contributed by atoms with Crippen LogP contribution in [0.5, 0.6) is 5.88 Å². The predicted molar refractivity (Wildman–Crippen MR) is 165 cm³/mol. The Balaban J connectivity index is 1.75. The van der Waals surface area contributed by atoms with E-state index in [1.807, 2.05) is 0 Å². The van der Waals surface area contributed by atoms with Crippen molar-refractivity contribution >= 4 is 34.7 Å². The summed E-state index contributed by atoms with van der Waals surface area (Å²) in [6.07, 6.45) is 1.11. The second kappa shape index (κ2) is 14.1. The number of nitrogens with zero attached hydrogens (tertiary/aromatic N) is 3. The molecule has 0 unspecified atom stereocenters. The molecule has 4 rings (SSSR count). The number of rotatable bonds is 14. The zero-order valence-electron chi connectivity index (χ0n) is 25.4. The topological polar surface area (TPSA) is 133 Å². The minimum absolute atomic E-state index is 0.0693. The lowest BCUT2D eigenvalue weighted by Crippen LogP contribution is -2.26. The fraction of sp³-hybridized carbons (Fsp3) is 0.367. The number of aromatic nitrogens is 3.